The monoisotopic (exact) mass is 959 g/mol. The van der Waals surface area contributed by atoms with E-state index in [1.54, 1.807) is 30.2 Å². The van der Waals surface area contributed by atoms with E-state index in [4.69, 9.17) is 14.5 Å². The first kappa shape index (κ1) is 49.3. The summed E-state index contributed by atoms with van der Waals surface area (Å²) < 4.78 is 14.3. The van der Waals surface area contributed by atoms with Crippen LogP contribution in [-0.2, 0) is 52.8 Å². The van der Waals surface area contributed by atoms with Crippen molar-refractivity contribution in [2.45, 2.75) is 141 Å². The van der Waals surface area contributed by atoms with E-state index in [-0.39, 0.29) is 42.8 Å². The van der Waals surface area contributed by atoms with Gasteiger partial charge in [-0.3, -0.25) is 39.3 Å². The number of carbonyl (C=O) groups is 5. The lowest BCUT2D eigenvalue weighted by molar-refractivity contribution is -0.155. The van der Waals surface area contributed by atoms with Gasteiger partial charge < -0.3 is 34.3 Å². The zero-order valence-electron chi connectivity index (χ0n) is 41.7. The molecule has 8 atom stereocenters. The third kappa shape index (κ3) is 9.71. The molecule has 16 nitrogen and oxygen atoms in total. The molecule has 6 bridgehead atoms. The Labute approximate surface area is 410 Å². The average Bonchev–Trinajstić information content (AvgIpc) is 3.63. The quantitative estimate of drug-likeness (QED) is 0.119. The van der Waals surface area contributed by atoms with E-state index in [1.807, 2.05) is 32.0 Å². The summed E-state index contributed by atoms with van der Waals surface area (Å²) in [5, 5.41) is 18.3. The maximum Gasteiger partial charge on any atom is 0.324 e. The van der Waals surface area contributed by atoms with E-state index >= 15 is 0 Å². The number of carbonyl (C=O) groups excluding carboxylic acids is 5. The van der Waals surface area contributed by atoms with Crippen LogP contribution in [0.3, 0.4) is 0 Å². The molecule has 5 aliphatic rings. The molecule has 70 heavy (non-hydrogen) atoms. The Bertz CT molecular complexity index is 2640. The maximum absolute atomic E-state index is 15.0. The highest BCUT2D eigenvalue weighted by Crippen LogP contribution is 2.42. The van der Waals surface area contributed by atoms with Crippen molar-refractivity contribution < 1.29 is 38.6 Å². The van der Waals surface area contributed by atoms with Gasteiger partial charge >= 0.3 is 5.97 Å². The summed E-state index contributed by atoms with van der Waals surface area (Å²) in [6.45, 7) is 11.7. The second-order valence-electron chi connectivity index (χ2n) is 21.0. The Morgan fingerprint density at radius 1 is 1.01 bits per heavy atom. The van der Waals surface area contributed by atoms with Crippen molar-refractivity contribution in [3.05, 3.63) is 77.6 Å². The van der Waals surface area contributed by atoms with Gasteiger partial charge in [-0.25, -0.2) is 5.43 Å². The first-order chi connectivity index (χ1) is 33.6. The zero-order valence-corrected chi connectivity index (χ0v) is 41.7. The molecule has 4 aromatic rings. The minimum atomic E-state index is -1.05. The second-order valence-corrected chi connectivity index (χ2v) is 21.0. The van der Waals surface area contributed by atoms with E-state index in [0.29, 0.717) is 45.3 Å². The molecule has 4 N–H and O–H groups in total. The van der Waals surface area contributed by atoms with Gasteiger partial charge in [-0.1, -0.05) is 57.0 Å². The summed E-state index contributed by atoms with van der Waals surface area (Å²) in [5.74, 6) is -2.36. The number of aliphatic hydroxyl groups is 1. The fourth-order valence-corrected chi connectivity index (χ4v) is 11.7. The molecule has 4 amide bonds. The number of benzene rings is 2. The minimum absolute atomic E-state index is 0.126. The highest BCUT2D eigenvalue weighted by Gasteiger charge is 2.49. The van der Waals surface area contributed by atoms with Crippen LogP contribution in [0, 0.1) is 17.3 Å². The molecule has 374 valence electrons. The molecule has 0 unspecified atom stereocenters. The Balaban J connectivity index is 1.08. The lowest BCUT2D eigenvalue weighted by Gasteiger charge is -2.37. The maximum atomic E-state index is 15.0. The summed E-state index contributed by atoms with van der Waals surface area (Å²) in [4.78, 5) is 79.6. The fraction of sp³-hybridized carbons (Fsp3) is 0.556. The van der Waals surface area contributed by atoms with Gasteiger partial charge in [0.25, 0.3) is 5.91 Å². The van der Waals surface area contributed by atoms with Crippen molar-refractivity contribution in [1.82, 2.24) is 40.4 Å². The number of likely N-dealkylation sites (tertiary alicyclic amines) is 1. The number of cyclic esters (lactones) is 1. The first-order valence-electron chi connectivity index (χ1n) is 25.4. The molecule has 1 aliphatic carbocycles. The Morgan fingerprint density at radius 2 is 1.77 bits per heavy atom. The number of methoxy groups -OCH3 is 1. The van der Waals surface area contributed by atoms with E-state index in [1.165, 1.54) is 5.01 Å². The van der Waals surface area contributed by atoms with Gasteiger partial charge in [0.1, 0.15) is 30.4 Å². The van der Waals surface area contributed by atoms with Crippen LogP contribution in [-0.4, -0.2) is 129 Å². The number of likely N-dealkylation sites (N-methyl/N-ethyl adjacent to an activating group) is 1. The SMILES string of the molecule is CCn1c(-c2cccnc2[C@H](C)OC)c2c3cc(ccc31)-c1cccc(c1)C[C@H](NC(=O)[C@H](C1CCCC1)N(C)C(=O)[C@@H]1CCN(C(=O)[C@@H]3N[C@@H]3O)[C@H]1C)C(=O)N1CCC[C@H](N1)C(=O)OCC(C)(C)C2. The Hall–Kier alpha value is -5.68. The number of aliphatic hydroxyl groups excluding tert-OH is 1. The van der Waals surface area contributed by atoms with Gasteiger partial charge in [0.15, 0.2) is 0 Å². The summed E-state index contributed by atoms with van der Waals surface area (Å²) >= 11 is 0. The number of hydrazine groups is 1. The Kier molecular flexibility index (Phi) is 14.2. The van der Waals surface area contributed by atoms with Gasteiger partial charge in [0, 0.05) is 74.3 Å². The van der Waals surface area contributed by atoms with Gasteiger partial charge in [0.05, 0.1) is 30.0 Å². The fourth-order valence-electron chi connectivity index (χ4n) is 11.7. The predicted molar refractivity (Wildman–Crippen MR) is 264 cm³/mol. The number of fused-ring (bicyclic) bond motifs is 6. The van der Waals surface area contributed by atoms with Crippen LogP contribution in [0.2, 0.25) is 0 Å². The number of amides is 4. The standard InChI is InChI=1S/C54H70N8O8/c1-8-60-43-21-20-36-28-39(43)40(47(60)38-18-12-23-55-44(38)32(3)69-7)29-54(4,5)30-70-53(68)41-19-13-24-62(58-41)51(66)42(27-33-14-11-17-35(36)26-33)56-49(64)46(34-15-9-10-16-34)59(6)50(65)37-22-25-61(31(37)2)52(67)45-48(63)57-45/h11-12,14,17-18,20-21,23,26,28,31-32,34,37,41-42,45-46,48,57-58,63H,8-10,13,15-16,19,22,24-25,27,29-30H2,1-7H3,(H,56,64)/t31-,32-,37+,41-,42-,45+,46-,48+/m0/s1. The second kappa shape index (κ2) is 20.2. The van der Waals surface area contributed by atoms with E-state index in [2.05, 4.69) is 77.8 Å². The number of aryl methyl sites for hydroxylation is 1. The Morgan fingerprint density at radius 3 is 2.50 bits per heavy atom. The molecule has 4 fully saturated rings. The number of rotatable bonds is 10. The number of esters is 1. The van der Waals surface area contributed by atoms with Gasteiger partial charge in [0.2, 0.25) is 17.7 Å². The van der Waals surface area contributed by atoms with Crippen LogP contribution < -0.4 is 16.1 Å². The van der Waals surface area contributed by atoms with Crippen molar-refractivity contribution >= 4 is 40.5 Å². The van der Waals surface area contributed by atoms with Crippen molar-refractivity contribution in [1.29, 1.82) is 0 Å². The van der Waals surface area contributed by atoms with E-state index < -0.39 is 59.6 Å². The molecular weight excluding hydrogens is 889 g/mol. The molecule has 6 heterocycles. The molecule has 2 aromatic heterocycles. The third-order valence-corrected chi connectivity index (χ3v) is 15.7. The van der Waals surface area contributed by atoms with E-state index in [0.717, 1.165) is 75.8 Å². The van der Waals surface area contributed by atoms with Gasteiger partial charge in [-0.15, -0.1) is 0 Å². The molecule has 16 heteroatoms. The van der Waals surface area contributed by atoms with Crippen molar-refractivity contribution in [2.75, 3.05) is 33.9 Å². The molecular formula is C54H70N8O8. The van der Waals surface area contributed by atoms with Crippen LogP contribution >= 0.6 is 0 Å². The van der Waals surface area contributed by atoms with Crippen LogP contribution in [0.1, 0.15) is 102 Å². The van der Waals surface area contributed by atoms with Gasteiger partial charge in [-0.05, 0) is 112 Å². The predicted octanol–water partition coefficient (Wildman–Crippen LogP) is 5.29. The van der Waals surface area contributed by atoms with E-state index in [9.17, 15) is 29.1 Å². The number of nitrogens with zero attached hydrogens (tertiary/aromatic N) is 5. The van der Waals surface area contributed by atoms with Crippen molar-refractivity contribution in [3.63, 3.8) is 0 Å². The summed E-state index contributed by atoms with van der Waals surface area (Å²) in [6, 6.07) is 14.9. The van der Waals surface area contributed by atoms with Crippen LogP contribution in [0.5, 0.6) is 0 Å². The molecule has 2 aromatic carbocycles. The summed E-state index contributed by atoms with van der Waals surface area (Å²) in [7, 11) is 3.36. The summed E-state index contributed by atoms with van der Waals surface area (Å²) in [5.41, 5.74) is 10.5. The smallest absolute Gasteiger partial charge is 0.324 e. The topological polar surface area (TPSA) is 198 Å². The lowest BCUT2D eigenvalue weighted by atomic mass is 9.84. The number of pyridine rings is 1. The molecule has 1 saturated carbocycles. The van der Waals surface area contributed by atoms with Gasteiger partial charge in [-0.2, -0.15) is 0 Å². The first-order valence-corrected chi connectivity index (χ1v) is 25.4. The number of hydrogen-bond acceptors (Lipinski definition) is 11. The molecule has 3 saturated heterocycles. The highest BCUT2D eigenvalue weighted by atomic mass is 16.5. The molecule has 0 spiro atoms. The summed E-state index contributed by atoms with van der Waals surface area (Å²) in [6.07, 6.45) is 6.21. The zero-order chi connectivity index (χ0) is 49.6. The highest BCUT2D eigenvalue weighted by molar-refractivity contribution is 5.96. The number of aromatic nitrogens is 2. The normalized spacial score (nSPS) is 25.8. The van der Waals surface area contributed by atoms with Crippen molar-refractivity contribution in [2.24, 2.45) is 17.3 Å². The molecule has 9 rings (SSSR count). The van der Waals surface area contributed by atoms with Crippen molar-refractivity contribution in [3.8, 4) is 22.4 Å². The van der Waals surface area contributed by atoms with Crippen LogP contribution in [0.25, 0.3) is 33.3 Å². The number of ether oxygens (including phenoxy) is 2. The number of hydrogen-bond donors (Lipinski definition) is 4. The lowest BCUT2D eigenvalue weighted by Crippen LogP contribution is -2.62. The third-order valence-electron chi connectivity index (χ3n) is 15.7. The molecule has 0 radical (unpaired) electrons. The van der Waals surface area contributed by atoms with Crippen LogP contribution in [0.15, 0.2) is 60.8 Å². The van der Waals surface area contributed by atoms with Crippen LogP contribution in [0.4, 0.5) is 0 Å². The minimum Gasteiger partial charge on any atom is -0.464 e. The number of nitrogens with one attached hydrogen (secondary N) is 3. The largest absolute Gasteiger partial charge is 0.464 e. The average molecular weight is 959 g/mol. The molecule has 4 aliphatic heterocycles.